The fourth-order valence-corrected chi connectivity index (χ4v) is 6.03. The van der Waals surface area contributed by atoms with Crippen LogP contribution in [-0.4, -0.2) is 66.1 Å². The van der Waals surface area contributed by atoms with Gasteiger partial charge in [0.15, 0.2) is 0 Å². The van der Waals surface area contributed by atoms with Gasteiger partial charge in [0.2, 0.25) is 0 Å². The monoisotopic (exact) mass is 616 g/mol. The second-order valence-corrected chi connectivity index (χ2v) is 13.2. The van der Waals surface area contributed by atoms with Gasteiger partial charge in [-0.05, 0) is 82.1 Å². The number of halogens is 1. The Bertz CT molecular complexity index is 1460. The highest BCUT2D eigenvalue weighted by Crippen LogP contribution is 2.49. The average Bonchev–Trinajstić information content (AvgIpc) is 3.30. The lowest BCUT2D eigenvalue weighted by Crippen LogP contribution is -2.65. The zero-order valence-corrected chi connectivity index (χ0v) is 27.2. The van der Waals surface area contributed by atoms with Gasteiger partial charge in [0.1, 0.15) is 5.54 Å². The molecule has 44 heavy (non-hydrogen) atoms. The number of nitroso groups, excluding NO2 is 1. The summed E-state index contributed by atoms with van der Waals surface area (Å²) in [5, 5.41) is 29.8. The predicted molar refractivity (Wildman–Crippen MR) is 182 cm³/mol. The molecule has 2 heterocycles. The quantitative estimate of drug-likeness (QED) is 0.105. The summed E-state index contributed by atoms with van der Waals surface area (Å²) in [5.41, 5.74) is 12.1. The molecular weight excluding hydrogens is 572 g/mol. The number of allylic oxidation sites excluding steroid dienone is 11. The van der Waals surface area contributed by atoms with Crippen molar-refractivity contribution in [3.63, 3.8) is 0 Å². The molecule has 3 fully saturated rings. The molecule has 1 spiro atoms. The minimum absolute atomic E-state index is 0.324. The van der Waals surface area contributed by atoms with Crippen LogP contribution in [0.5, 0.6) is 0 Å². The first-order valence-electron chi connectivity index (χ1n) is 14.9. The summed E-state index contributed by atoms with van der Waals surface area (Å²) in [4.78, 5) is 13.4. The highest BCUT2D eigenvalue weighted by atomic mass is 35.5. The Morgan fingerprint density at radius 1 is 1.27 bits per heavy atom. The van der Waals surface area contributed by atoms with Crippen LogP contribution in [0.2, 0.25) is 0 Å². The van der Waals surface area contributed by atoms with Gasteiger partial charge >= 0.3 is 0 Å². The summed E-state index contributed by atoms with van der Waals surface area (Å²) < 4.78 is 0. The zero-order valence-electron chi connectivity index (χ0n) is 26.5. The molecule has 1 saturated carbocycles. The molecule has 0 amide bonds. The molecule has 2 aliphatic carbocycles. The number of likely N-dealkylation sites (N-methyl/N-ethyl adjacent to an activating group) is 1. The molecule has 2 saturated heterocycles. The van der Waals surface area contributed by atoms with E-state index in [1.54, 1.807) is 31.7 Å². The van der Waals surface area contributed by atoms with E-state index in [1.807, 2.05) is 50.2 Å². The third-order valence-electron chi connectivity index (χ3n) is 8.45. The minimum atomic E-state index is -0.768. The summed E-state index contributed by atoms with van der Waals surface area (Å²) in [5.74, 6) is 0. The summed E-state index contributed by atoms with van der Waals surface area (Å²) in [6, 6.07) is 0.328. The number of hydrogen-bond acceptors (Lipinski definition) is 9. The van der Waals surface area contributed by atoms with Crippen LogP contribution < -0.4 is 16.1 Å². The van der Waals surface area contributed by atoms with Crippen molar-refractivity contribution in [2.75, 3.05) is 33.2 Å². The first-order chi connectivity index (χ1) is 20.8. The van der Waals surface area contributed by atoms with E-state index >= 15 is 0 Å². The SMILES string of the molecule is C=CC(=C)N1CC2(CC(N/C(C)=C(/C=C3\CN(C)N\C3=C\C(C)=C\Cl)C(=N)C3=C/C(=C/NCC(C)(C)N=O)C(=N)C=C3)C2)C1. The van der Waals surface area contributed by atoms with Crippen LogP contribution in [0.3, 0.4) is 0 Å². The number of hydrogen-bond donors (Lipinski definition) is 5. The lowest BCUT2D eigenvalue weighted by molar-refractivity contribution is -0.0556. The lowest BCUT2D eigenvalue weighted by atomic mass is 9.60. The molecule has 2 aliphatic heterocycles. The first-order valence-corrected chi connectivity index (χ1v) is 15.3. The molecule has 0 aromatic heterocycles. The van der Waals surface area contributed by atoms with E-state index in [4.69, 9.17) is 17.0 Å². The first kappa shape index (κ1) is 33.0. The summed E-state index contributed by atoms with van der Waals surface area (Å²) >= 11 is 5.97. The summed E-state index contributed by atoms with van der Waals surface area (Å²) in [7, 11) is 1.98. The van der Waals surface area contributed by atoms with Gasteiger partial charge in [-0.3, -0.25) is 5.41 Å². The molecule has 5 N–H and O–H groups in total. The standard InChI is InChI=1S/C34H45ClN8O/c1-8-23(3)43-20-34(21-43)14-28(15-34)39-24(4)29(13-27-18-42(7)40-31(27)11-22(2)16-35)32(37)25-9-10-30(36)26(12-25)17-38-19-33(5,6)41-44/h8-13,16-17,28,36-40H,1,3,14-15,18-21H2,2,4-7H3/b22-16+,26-17-,27-13+,29-24-,31-11+,36-30?,37-32?. The Morgan fingerprint density at radius 2 is 1.98 bits per heavy atom. The molecular formula is C34H45ClN8O. The number of likely N-dealkylation sites (tertiary alicyclic amines) is 1. The van der Waals surface area contributed by atoms with E-state index < -0.39 is 5.54 Å². The molecule has 0 bridgehead atoms. The van der Waals surface area contributed by atoms with E-state index in [-0.39, 0.29) is 0 Å². The number of rotatable bonds is 12. The number of nitrogens with one attached hydrogen (secondary N) is 5. The predicted octanol–water partition coefficient (Wildman–Crippen LogP) is 5.97. The molecule has 0 atom stereocenters. The molecule has 0 unspecified atom stereocenters. The van der Waals surface area contributed by atoms with Crippen LogP contribution >= 0.6 is 11.6 Å². The van der Waals surface area contributed by atoms with Crippen molar-refractivity contribution in [1.29, 1.82) is 10.8 Å². The Labute approximate surface area is 266 Å². The van der Waals surface area contributed by atoms with Gasteiger partial charge in [0.25, 0.3) is 0 Å². The van der Waals surface area contributed by atoms with Crippen molar-refractivity contribution in [3.05, 3.63) is 111 Å². The highest BCUT2D eigenvalue weighted by Gasteiger charge is 2.52. The highest BCUT2D eigenvalue weighted by molar-refractivity contribution is 6.25. The van der Waals surface area contributed by atoms with Crippen LogP contribution in [0.25, 0.3) is 0 Å². The Hall–Kier alpha value is -3.95. The van der Waals surface area contributed by atoms with Crippen molar-refractivity contribution in [3.8, 4) is 0 Å². The zero-order chi connectivity index (χ0) is 32.2. The molecule has 0 radical (unpaired) electrons. The molecule has 4 rings (SSSR count). The smallest absolute Gasteiger partial charge is 0.114 e. The van der Waals surface area contributed by atoms with Gasteiger partial charge in [-0.15, -0.1) is 0 Å². The molecule has 9 nitrogen and oxygen atoms in total. The fraction of sp³-hybridized carbons (Fsp3) is 0.412. The third kappa shape index (κ3) is 7.57. The van der Waals surface area contributed by atoms with Crippen LogP contribution in [0.15, 0.2) is 111 Å². The van der Waals surface area contributed by atoms with E-state index in [0.717, 1.165) is 59.7 Å². The molecule has 0 aromatic carbocycles. The van der Waals surface area contributed by atoms with E-state index in [1.165, 1.54) is 0 Å². The van der Waals surface area contributed by atoms with Gasteiger partial charge in [-0.1, -0.05) is 36.0 Å². The number of nitrogens with zero attached hydrogens (tertiary/aromatic N) is 3. The van der Waals surface area contributed by atoms with Crippen molar-refractivity contribution in [2.24, 2.45) is 10.6 Å². The van der Waals surface area contributed by atoms with E-state index in [0.29, 0.717) is 47.1 Å². The molecule has 4 aliphatic rings. The third-order valence-corrected chi connectivity index (χ3v) is 8.80. The van der Waals surface area contributed by atoms with Crippen LogP contribution in [0, 0.1) is 21.1 Å². The van der Waals surface area contributed by atoms with Gasteiger partial charge in [-0.2, -0.15) is 4.91 Å². The Morgan fingerprint density at radius 3 is 2.61 bits per heavy atom. The van der Waals surface area contributed by atoms with E-state index in [2.05, 4.69) is 45.4 Å². The lowest BCUT2D eigenvalue weighted by Gasteiger charge is -2.60. The molecule has 234 valence electrons. The topological polar surface area (TPSA) is 120 Å². The van der Waals surface area contributed by atoms with E-state index in [9.17, 15) is 10.3 Å². The normalized spacial score (nSPS) is 23.6. The maximum atomic E-state index is 11.1. The summed E-state index contributed by atoms with van der Waals surface area (Å²) in [6.07, 6.45) is 15.1. The largest absolute Gasteiger partial charge is 0.388 e. The number of hydrazine groups is 1. The van der Waals surface area contributed by atoms with Crippen molar-refractivity contribution in [1.82, 2.24) is 26.0 Å². The average molecular weight is 617 g/mol. The van der Waals surface area contributed by atoms with Gasteiger partial charge < -0.3 is 26.4 Å². The fourth-order valence-electron chi connectivity index (χ4n) is 5.97. The Kier molecular flexibility index (Phi) is 10.0. The van der Waals surface area contributed by atoms with Crippen molar-refractivity contribution in [2.45, 2.75) is 52.1 Å². The van der Waals surface area contributed by atoms with Crippen molar-refractivity contribution < 1.29 is 0 Å². The minimum Gasteiger partial charge on any atom is -0.388 e. The van der Waals surface area contributed by atoms with Gasteiger partial charge in [0, 0.05) is 84.5 Å². The Balaban J connectivity index is 1.62. The van der Waals surface area contributed by atoms with Crippen LogP contribution in [0.1, 0.15) is 40.5 Å². The second kappa shape index (κ2) is 13.4. The second-order valence-electron chi connectivity index (χ2n) is 13.0. The maximum Gasteiger partial charge on any atom is 0.114 e. The van der Waals surface area contributed by atoms with Gasteiger partial charge in [0.05, 0.1) is 17.1 Å². The maximum absolute atomic E-state index is 11.1. The van der Waals surface area contributed by atoms with Gasteiger partial charge in [-0.25, -0.2) is 5.01 Å². The van der Waals surface area contributed by atoms with Crippen LogP contribution in [0.4, 0.5) is 0 Å². The molecule has 10 heteroatoms. The van der Waals surface area contributed by atoms with Crippen LogP contribution in [-0.2, 0) is 0 Å². The summed E-state index contributed by atoms with van der Waals surface area (Å²) in [6.45, 7) is 18.4. The van der Waals surface area contributed by atoms with Crippen molar-refractivity contribution >= 4 is 23.0 Å². The molecule has 0 aromatic rings.